The molecule has 4 rings (SSSR count). The van der Waals surface area contributed by atoms with E-state index in [0.717, 1.165) is 16.8 Å². The molecule has 0 fully saturated rings. The van der Waals surface area contributed by atoms with Gasteiger partial charge in [-0.2, -0.15) is 0 Å². The molecule has 6 nitrogen and oxygen atoms in total. The van der Waals surface area contributed by atoms with Crippen molar-refractivity contribution in [3.8, 4) is 0 Å². The summed E-state index contributed by atoms with van der Waals surface area (Å²) in [5.41, 5.74) is 2.74. The lowest BCUT2D eigenvalue weighted by Crippen LogP contribution is -2.33. The molecule has 1 aromatic heterocycles. The zero-order valence-corrected chi connectivity index (χ0v) is 18.5. The third kappa shape index (κ3) is 4.14. The van der Waals surface area contributed by atoms with Crippen LogP contribution < -0.4 is 4.90 Å². The lowest BCUT2D eigenvalue weighted by atomic mass is 9.94. The fourth-order valence-electron chi connectivity index (χ4n) is 3.86. The number of carbonyl (C=O) groups is 2. The molecule has 0 radical (unpaired) electrons. The van der Waals surface area contributed by atoms with E-state index < -0.39 is 23.5 Å². The highest BCUT2D eigenvalue weighted by molar-refractivity contribution is 6.30. The van der Waals surface area contributed by atoms with Gasteiger partial charge in [0.2, 0.25) is 5.78 Å². The van der Waals surface area contributed by atoms with E-state index in [9.17, 15) is 14.7 Å². The fourth-order valence-corrected chi connectivity index (χ4v) is 3.98. The van der Waals surface area contributed by atoms with Gasteiger partial charge in [0.05, 0.1) is 17.9 Å². The molecule has 3 aromatic rings. The van der Waals surface area contributed by atoms with Gasteiger partial charge < -0.3 is 19.3 Å². The van der Waals surface area contributed by atoms with Crippen molar-refractivity contribution >= 4 is 29.0 Å². The Bertz CT molecular complexity index is 1150. The number of hydrogen-bond acceptors (Lipinski definition) is 5. The standard InChI is InChI=1S/C25H23ClN2O4/c1-27(2)19-11-7-17(8-12-19)22-21(23(29)20-4-3-15-32-20)24(30)25(31)28(22)14-13-16-5-9-18(26)10-6-16/h3-12,15,22,30H,13-14H2,1-2H3. The van der Waals surface area contributed by atoms with Crippen molar-refractivity contribution in [1.29, 1.82) is 0 Å². The number of furan rings is 1. The highest BCUT2D eigenvalue weighted by Crippen LogP contribution is 2.39. The van der Waals surface area contributed by atoms with Crippen molar-refractivity contribution in [2.45, 2.75) is 12.5 Å². The Labute approximate surface area is 191 Å². The molecule has 164 valence electrons. The van der Waals surface area contributed by atoms with Gasteiger partial charge in [-0.3, -0.25) is 9.59 Å². The number of amides is 1. The minimum atomic E-state index is -0.719. The quantitative estimate of drug-likeness (QED) is 0.522. The summed E-state index contributed by atoms with van der Waals surface area (Å²) in [7, 11) is 3.87. The van der Waals surface area contributed by atoms with E-state index in [2.05, 4.69) is 0 Å². The van der Waals surface area contributed by atoms with Crippen LogP contribution in [0.4, 0.5) is 5.69 Å². The molecule has 7 heteroatoms. The van der Waals surface area contributed by atoms with Crippen LogP contribution in [0, 0.1) is 0 Å². The van der Waals surface area contributed by atoms with E-state index in [1.807, 2.05) is 55.4 Å². The summed E-state index contributed by atoms with van der Waals surface area (Å²) in [5, 5.41) is 11.3. The first-order valence-electron chi connectivity index (χ1n) is 10.2. The van der Waals surface area contributed by atoms with E-state index in [4.69, 9.17) is 16.0 Å². The maximum atomic E-state index is 13.2. The number of carbonyl (C=O) groups excluding carboxylic acids is 2. The monoisotopic (exact) mass is 450 g/mol. The first-order valence-corrected chi connectivity index (χ1v) is 10.6. The smallest absolute Gasteiger partial charge is 0.290 e. The molecule has 1 N–H and O–H groups in total. The third-order valence-electron chi connectivity index (χ3n) is 5.57. The molecule has 1 aliphatic heterocycles. The summed E-state index contributed by atoms with van der Waals surface area (Å²) in [4.78, 5) is 29.7. The minimum Gasteiger partial charge on any atom is -0.503 e. The SMILES string of the molecule is CN(C)c1ccc(C2C(C(=O)c3ccco3)=C(O)C(=O)N2CCc2ccc(Cl)cc2)cc1. The largest absolute Gasteiger partial charge is 0.503 e. The van der Waals surface area contributed by atoms with Gasteiger partial charge in [0.15, 0.2) is 11.5 Å². The van der Waals surface area contributed by atoms with Crippen LogP contribution in [-0.2, 0) is 11.2 Å². The van der Waals surface area contributed by atoms with Gasteiger partial charge in [-0.15, -0.1) is 0 Å². The topological polar surface area (TPSA) is 74.0 Å². The minimum absolute atomic E-state index is 0.0265. The lowest BCUT2D eigenvalue weighted by Gasteiger charge is -2.27. The first-order chi connectivity index (χ1) is 15.4. The molecule has 1 atom stereocenters. The maximum Gasteiger partial charge on any atom is 0.290 e. The number of benzene rings is 2. The number of nitrogens with zero attached hydrogens (tertiary/aromatic N) is 2. The molecule has 1 aliphatic rings. The van der Waals surface area contributed by atoms with Crippen LogP contribution in [0.2, 0.25) is 5.02 Å². The van der Waals surface area contributed by atoms with Gasteiger partial charge in [0, 0.05) is 31.4 Å². The van der Waals surface area contributed by atoms with Gasteiger partial charge in [-0.05, 0) is 53.9 Å². The normalized spacial score (nSPS) is 16.0. The molecule has 2 heterocycles. The molecule has 0 aliphatic carbocycles. The van der Waals surface area contributed by atoms with E-state index in [0.29, 0.717) is 18.0 Å². The summed E-state index contributed by atoms with van der Waals surface area (Å²) in [5.74, 6) is -1.54. The number of Topliss-reactive ketones (excluding diaryl/α,β-unsaturated/α-hetero) is 1. The van der Waals surface area contributed by atoms with Gasteiger partial charge >= 0.3 is 0 Å². The van der Waals surface area contributed by atoms with Crippen LogP contribution in [0.15, 0.2) is 82.7 Å². The van der Waals surface area contributed by atoms with Crippen LogP contribution in [0.5, 0.6) is 0 Å². The molecule has 1 amide bonds. The van der Waals surface area contributed by atoms with E-state index in [1.54, 1.807) is 18.2 Å². The van der Waals surface area contributed by atoms with Crippen molar-refractivity contribution in [2.24, 2.45) is 0 Å². The molecular formula is C25H23ClN2O4. The molecule has 0 spiro atoms. The maximum absolute atomic E-state index is 13.2. The predicted octanol–water partition coefficient (Wildman–Crippen LogP) is 4.82. The second-order valence-electron chi connectivity index (χ2n) is 7.83. The van der Waals surface area contributed by atoms with Gasteiger partial charge in [-0.25, -0.2) is 0 Å². The summed E-state index contributed by atoms with van der Waals surface area (Å²) in [6, 6.07) is 17.4. The average molecular weight is 451 g/mol. The zero-order chi connectivity index (χ0) is 22.8. The number of ketones is 1. The number of rotatable bonds is 7. The Balaban J connectivity index is 1.70. The Morgan fingerprint density at radius 2 is 1.78 bits per heavy atom. The summed E-state index contributed by atoms with van der Waals surface area (Å²) in [6.45, 7) is 0.319. The highest BCUT2D eigenvalue weighted by atomic mass is 35.5. The molecule has 32 heavy (non-hydrogen) atoms. The number of aliphatic hydroxyl groups is 1. The van der Waals surface area contributed by atoms with E-state index in [1.165, 1.54) is 17.2 Å². The highest BCUT2D eigenvalue weighted by Gasteiger charge is 2.44. The van der Waals surface area contributed by atoms with Gasteiger partial charge in [0.25, 0.3) is 5.91 Å². The summed E-state index contributed by atoms with van der Waals surface area (Å²) < 4.78 is 5.26. The molecule has 0 saturated carbocycles. The number of halogens is 1. The lowest BCUT2D eigenvalue weighted by molar-refractivity contribution is -0.129. The van der Waals surface area contributed by atoms with Crippen molar-refractivity contribution in [1.82, 2.24) is 4.90 Å². The molecule has 0 bridgehead atoms. The van der Waals surface area contributed by atoms with Crippen molar-refractivity contribution in [3.05, 3.63) is 100 Å². The van der Waals surface area contributed by atoms with E-state index >= 15 is 0 Å². The molecule has 2 aromatic carbocycles. The number of aliphatic hydroxyl groups excluding tert-OH is 1. The summed E-state index contributed by atoms with van der Waals surface area (Å²) in [6.07, 6.45) is 1.94. The van der Waals surface area contributed by atoms with Crippen LogP contribution in [0.1, 0.15) is 27.7 Å². The average Bonchev–Trinajstić information content (AvgIpc) is 3.41. The Morgan fingerprint density at radius 1 is 1.09 bits per heavy atom. The molecule has 0 saturated heterocycles. The fraction of sp³-hybridized carbons (Fsp3) is 0.200. The zero-order valence-electron chi connectivity index (χ0n) is 17.8. The van der Waals surface area contributed by atoms with Gasteiger partial charge in [-0.1, -0.05) is 35.9 Å². The van der Waals surface area contributed by atoms with Crippen LogP contribution >= 0.6 is 11.6 Å². The Hall–Kier alpha value is -3.51. The van der Waals surface area contributed by atoms with Crippen LogP contribution in [0.3, 0.4) is 0 Å². The van der Waals surface area contributed by atoms with Crippen molar-refractivity contribution in [2.75, 3.05) is 25.5 Å². The Morgan fingerprint density at radius 3 is 2.38 bits per heavy atom. The second-order valence-corrected chi connectivity index (χ2v) is 8.27. The summed E-state index contributed by atoms with van der Waals surface area (Å²) >= 11 is 5.97. The van der Waals surface area contributed by atoms with Crippen molar-refractivity contribution < 1.29 is 19.1 Å². The van der Waals surface area contributed by atoms with Crippen LogP contribution in [-0.4, -0.2) is 42.3 Å². The third-order valence-corrected chi connectivity index (χ3v) is 5.83. The first kappa shape index (κ1) is 21.7. The van der Waals surface area contributed by atoms with Gasteiger partial charge in [0.1, 0.15) is 0 Å². The number of hydrogen-bond donors (Lipinski definition) is 1. The second kappa shape index (κ2) is 8.93. The number of anilines is 1. The molecule has 1 unspecified atom stereocenters. The Kier molecular flexibility index (Phi) is 6.06. The van der Waals surface area contributed by atoms with Crippen molar-refractivity contribution in [3.63, 3.8) is 0 Å². The van der Waals surface area contributed by atoms with E-state index in [-0.39, 0.29) is 11.3 Å². The molecular weight excluding hydrogens is 428 g/mol. The van der Waals surface area contributed by atoms with Crippen LogP contribution in [0.25, 0.3) is 0 Å². The predicted molar refractivity (Wildman–Crippen MR) is 123 cm³/mol.